The summed E-state index contributed by atoms with van der Waals surface area (Å²) in [6.07, 6.45) is 2.58. The molecule has 0 amide bonds. The number of fused-ring (bicyclic) bond motifs is 1. The topological polar surface area (TPSA) is 45.1 Å². The second kappa shape index (κ2) is 6.29. The molecule has 0 bridgehead atoms. The molecule has 2 aromatic rings. The maximum atomic E-state index is 9.42. The molecule has 2 aromatic carbocycles. The molecule has 2 aliphatic heterocycles. The Morgan fingerprint density at radius 3 is 2.46 bits per heavy atom. The lowest BCUT2D eigenvalue weighted by Crippen LogP contribution is -2.50. The van der Waals surface area contributed by atoms with E-state index in [1.807, 2.05) is 24.3 Å². The fourth-order valence-corrected chi connectivity index (χ4v) is 3.79. The second-order valence-corrected chi connectivity index (χ2v) is 6.77. The van der Waals surface area contributed by atoms with Crippen LogP contribution < -0.4 is 4.74 Å². The molecule has 4 rings (SSSR count). The molecular weight excluding hydrogens is 300 g/mol. The Morgan fingerprint density at radius 1 is 1.00 bits per heavy atom. The van der Waals surface area contributed by atoms with E-state index < -0.39 is 0 Å². The molecule has 0 radical (unpaired) electrons. The zero-order valence-electron chi connectivity index (χ0n) is 13.7. The van der Waals surface area contributed by atoms with E-state index in [-0.39, 0.29) is 5.60 Å². The average molecular weight is 322 g/mol. The predicted octanol–water partition coefficient (Wildman–Crippen LogP) is 3.68. The van der Waals surface area contributed by atoms with Crippen LogP contribution in [0.4, 0.5) is 0 Å². The van der Waals surface area contributed by atoms with Crippen LogP contribution in [0.25, 0.3) is 0 Å². The molecule has 1 N–H and O–H groups in total. The Kier molecular flexibility index (Phi) is 3.98. The van der Waals surface area contributed by atoms with Crippen LogP contribution in [0.5, 0.6) is 5.75 Å². The maximum Gasteiger partial charge on any atom is 0.129 e. The number of ether oxygens (including phenoxy) is 1. The summed E-state index contributed by atoms with van der Waals surface area (Å²) in [5, 5.41) is 13.0. The van der Waals surface area contributed by atoms with E-state index >= 15 is 0 Å². The lowest BCUT2D eigenvalue weighted by molar-refractivity contribution is 0.000432. The van der Waals surface area contributed by atoms with E-state index in [0.717, 1.165) is 49.5 Å². The largest absolute Gasteiger partial charge is 0.486 e. The van der Waals surface area contributed by atoms with Crippen LogP contribution >= 0.6 is 0 Å². The van der Waals surface area contributed by atoms with E-state index in [4.69, 9.17) is 4.74 Å². The molecular formula is C20H22N2O2. The summed E-state index contributed by atoms with van der Waals surface area (Å²) in [7, 11) is 0. The molecule has 0 aromatic heterocycles. The molecule has 0 atom stereocenters. The Hall–Kier alpha value is -2.33. The van der Waals surface area contributed by atoms with E-state index in [2.05, 4.69) is 40.4 Å². The van der Waals surface area contributed by atoms with Crippen LogP contribution in [0.3, 0.4) is 0 Å². The molecule has 124 valence electrons. The first-order valence-electron chi connectivity index (χ1n) is 8.54. The van der Waals surface area contributed by atoms with Gasteiger partial charge in [-0.1, -0.05) is 47.6 Å². The average Bonchev–Trinajstić information content (AvgIpc) is 2.64. The minimum atomic E-state index is -0.233. The third kappa shape index (κ3) is 2.89. The van der Waals surface area contributed by atoms with Crippen molar-refractivity contribution in [2.75, 3.05) is 13.1 Å². The summed E-state index contributed by atoms with van der Waals surface area (Å²) < 4.78 is 6.37. The zero-order chi connectivity index (χ0) is 16.4. The van der Waals surface area contributed by atoms with E-state index in [1.165, 1.54) is 5.56 Å². The van der Waals surface area contributed by atoms with E-state index in [0.29, 0.717) is 6.42 Å². The summed E-state index contributed by atoms with van der Waals surface area (Å²) in [6, 6.07) is 18.4. The SMILES string of the molecule is O/N=C1/CC2(CCN(Cc3ccccc3)CC2)Oc2ccccc21. The number of piperidine rings is 1. The monoisotopic (exact) mass is 322 g/mol. The summed E-state index contributed by atoms with van der Waals surface area (Å²) in [4.78, 5) is 2.47. The van der Waals surface area contributed by atoms with Gasteiger partial charge in [0.25, 0.3) is 0 Å². The fourth-order valence-electron chi connectivity index (χ4n) is 3.79. The van der Waals surface area contributed by atoms with Crippen molar-refractivity contribution in [3.8, 4) is 5.75 Å². The Balaban J connectivity index is 1.47. The van der Waals surface area contributed by atoms with Gasteiger partial charge in [0, 0.05) is 44.5 Å². The second-order valence-electron chi connectivity index (χ2n) is 6.77. The van der Waals surface area contributed by atoms with Gasteiger partial charge in [0.1, 0.15) is 11.4 Å². The maximum absolute atomic E-state index is 9.42. The molecule has 2 heterocycles. The van der Waals surface area contributed by atoms with E-state index in [9.17, 15) is 5.21 Å². The first-order chi connectivity index (χ1) is 11.8. The molecule has 2 aliphatic rings. The van der Waals surface area contributed by atoms with Gasteiger partial charge in [-0.15, -0.1) is 0 Å². The van der Waals surface area contributed by atoms with Gasteiger partial charge in [0.15, 0.2) is 0 Å². The van der Waals surface area contributed by atoms with Crippen molar-refractivity contribution >= 4 is 5.71 Å². The van der Waals surface area contributed by atoms with Gasteiger partial charge in [0.05, 0.1) is 5.71 Å². The third-order valence-electron chi connectivity index (χ3n) is 5.15. The van der Waals surface area contributed by atoms with Crippen LogP contribution in [0, 0.1) is 0 Å². The van der Waals surface area contributed by atoms with Gasteiger partial charge in [-0.25, -0.2) is 0 Å². The number of rotatable bonds is 2. The zero-order valence-corrected chi connectivity index (χ0v) is 13.7. The molecule has 1 spiro atoms. The summed E-state index contributed by atoms with van der Waals surface area (Å²) in [5.74, 6) is 0.841. The van der Waals surface area contributed by atoms with Gasteiger partial charge in [0.2, 0.25) is 0 Å². The molecule has 1 fully saturated rings. The minimum absolute atomic E-state index is 0.233. The molecule has 0 aliphatic carbocycles. The number of hydrogen-bond donors (Lipinski definition) is 1. The van der Waals surface area contributed by atoms with Gasteiger partial charge in [-0.3, -0.25) is 4.90 Å². The van der Waals surface area contributed by atoms with Crippen LogP contribution in [-0.4, -0.2) is 34.5 Å². The highest BCUT2D eigenvalue weighted by atomic mass is 16.5. The summed E-state index contributed by atoms with van der Waals surface area (Å²) in [6.45, 7) is 2.97. The Labute approximate surface area is 142 Å². The molecule has 24 heavy (non-hydrogen) atoms. The normalized spacial score (nSPS) is 21.4. The number of nitrogens with zero attached hydrogens (tertiary/aromatic N) is 2. The van der Waals surface area contributed by atoms with Crippen molar-refractivity contribution in [3.63, 3.8) is 0 Å². The standard InChI is InChI=1S/C20H22N2O2/c23-21-18-14-20(24-19-9-5-4-8-17(18)19)10-12-22(13-11-20)15-16-6-2-1-3-7-16/h1-9,23H,10-15H2/b21-18-. The lowest BCUT2D eigenvalue weighted by Gasteiger charge is -2.44. The van der Waals surface area contributed by atoms with Crippen molar-refractivity contribution in [2.24, 2.45) is 5.16 Å². The Bertz CT molecular complexity index is 734. The molecule has 0 saturated carbocycles. The van der Waals surface area contributed by atoms with Gasteiger partial charge < -0.3 is 9.94 Å². The van der Waals surface area contributed by atoms with Crippen molar-refractivity contribution in [1.82, 2.24) is 4.90 Å². The number of hydrogen-bond acceptors (Lipinski definition) is 4. The van der Waals surface area contributed by atoms with Crippen molar-refractivity contribution in [2.45, 2.75) is 31.4 Å². The van der Waals surface area contributed by atoms with Crippen LogP contribution in [-0.2, 0) is 6.54 Å². The van der Waals surface area contributed by atoms with Crippen LogP contribution in [0.2, 0.25) is 0 Å². The highest BCUT2D eigenvalue weighted by molar-refractivity contribution is 6.04. The molecule has 0 unspecified atom stereocenters. The van der Waals surface area contributed by atoms with Gasteiger partial charge in [-0.05, 0) is 17.7 Å². The van der Waals surface area contributed by atoms with Crippen LogP contribution in [0.1, 0.15) is 30.4 Å². The number of oxime groups is 1. The quantitative estimate of drug-likeness (QED) is 0.677. The first-order valence-corrected chi connectivity index (χ1v) is 8.54. The summed E-state index contributed by atoms with van der Waals surface area (Å²) in [5.41, 5.74) is 2.77. The lowest BCUT2D eigenvalue weighted by atomic mass is 9.82. The Morgan fingerprint density at radius 2 is 1.71 bits per heavy atom. The highest BCUT2D eigenvalue weighted by Gasteiger charge is 2.42. The van der Waals surface area contributed by atoms with Crippen LogP contribution in [0.15, 0.2) is 59.8 Å². The predicted molar refractivity (Wildman–Crippen MR) is 93.7 cm³/mol. The van der Waals surface area contributed by atoms with Crippen molar-refractivity contribution in [1.29, 1.82) is 0 Å². The summed E-state index contributed by atoms with van der Waals surface area (Å²) >= 11 is 0. The van der Waals surface area contributed by atoms with Crippen molar-refractivity contribution < 1.29 is 9.94 Å². The molecule has 1 saturated heterocycles. The van der Waals surface area contributed by atoms with E-state index in [1.54, 1.807) is 0 Å². The number of para-hydroxylation sites is 1. The van der Waals surface area contributed by atoms with Gasteiger partial charge in [-0.2, -0.15) is 0 Å². The smallest absolute Gasteiger partial charge is 0.129 e. The number of benzene rings is 2. The molecule has 4 heteroatoms. The third-order valence-corrected chi connectivity index (χ3v) is 5.15. The number of likely N-dealkylation sites (tertiary alicyclic amines) is 1. The van der Waals surface area contributed by atoms with Gasteiger partial charge >= 0.3 is 0 Å². The van der Waals surface area contributed by atoms with Crippen molar-refractivity contribution in [3.05, 3.63) is 65.7 Å². The molecule has 4 nitrogen and oxygen atoms in total. The highest BCUT2D eigenvalue weighted by Crippen LogP contribution is 2.39. The minimum Gasteiger partial charge on any atom is -0.486 e. The fraction of sp³-hybridized carbons (Fsp3) is 0.350. The first kappa shape index (κ1) is 15.2.